The molecule has 30 heavy (non-hydrogen) atoms. The molecule has 0 unspecified atom stereocenters. The van der Waals surface area contributed by atoms with Crippen molar-refractivity contribution >= 4 is 11.8 Å². The number of carbonyl (C=O) groups is 2. The fourth-order valence-electron chi connectivity index (χ4n) is 3.52. The zero-order valence-electron chi connectivity index (χ0n) is 19.0. The smallest absolute Gasteiger partial charge is 0.242 e. The van der Waals surface area contributed by atoms with E-state index in [1.807, 2.05) is 72.1 Å². The van der Waals surface area contributed by atoms with Gasteiger partial charge in [0.25, 0.3) is 0 Å². The van der Waals surface area contributed by atoms with Gasteiger partial charge in [0.15, 0.2) is 0 Å². The van der Waals surface area contributed by atoms with E-state index in [2.05, 4.69) is 13.8 Å². The van der Waals surface area contributed by atoms with Crippen LogP contribution in [0.1, 0.15) is 64.1 Å². The first-order valence-electron chi connectivity index (χ1n) is 11.2. The van der Waals surface area contributed by atoms with Gasteiger partial charge < -0.3 is 14.4 Å². The number of aromatic nitrogens is 1. The Kier molecular flexibility index (Phi) is 9.65. The summed E-state index contributed by atoms with van der Waals surface area (Å²) in [6, 6.07) is 14.1. The van der Waals surface area contributed by atoms with Gasteiger partial charge in [-0.3, -0.25) is 9.59 Å². The molecule has 5 heteroatoms. The van der Waals surface area contributed by atoms with E-state index in [4.69, 9.17) is 0 Å². The summed E-state index contributed by atoms with van der Waals surface area (Å²) < 4.78 is 2.04. The fraction of sp³-hybridized carbons (Fsp3) is 0.520. The highest BCUT2D eigenvalue weighted by molar-refractivity contribution is 5.85. The molecule has 1 atom stereocenters. The number of hydrogen-bond donors (Lipinski definition) is 0. The molecule has 0 fully saturated rings. The quantitative estimate of drug-likeness (QED) is 0.473. The maximum Gasteiger partial charge on any atom is 0.242 e. The predicted octanol–water partition coefficient (Wildman–Crippen LogP) is 4.76. The van der Waals surface area contributed by atoms with Crippen molar-refractivity contribution < 1.29 is 9.59 Å². The van der Waals surface area contributed by atoms with Crippen molar-refractivity contribution in [2.45, 2.75) is 72.0 Å². The Bertz CT molecular complexity index is 785. The molecular weight excluding hydrogens is 374 g/mol. The molecule has 0 bridgehead atoms. The molecule has 5 nitrogen and oxygen atoms in total. The van der Waals surface area contributed by atoms with Crippen molar-refractivity contribution in [1.29, 1.82) is 0 Å². The minimum atomic E-state index is -0.0100. The van der Waals surface area contributed by atoms with Crippen LogP contribution < -0.4 is 0 Å². The number of hydrogen-bond acceptors (Lipinski definition) is 2. The van der Waals surface area contributed by atoms with Crippen LogP contribution in [0.15, 0.2) is 48.7 Å². The second-order valence-corrected chi connectivity index (χ2v) is 8.08. The molecule has 2 amide bonds. The third kappa shape index (κ3) is 7.05. The Labute approximate surface area is 181 Å². The average Bonchev–Trinajstić information content (AvgIpc) is 3.16. The van der Waals surface area contributed by atoms with Crippen LogP contribution in [0.25, 0.3) is 0 Å². The molecule has 0 saturated heterocycles. The lowest BCUT2D eigenvalue weighted by Crippen LogP contribution is -2.46. The van der Waals surface area contributed by atoms with Crippen molar-refractivity contribution in [1.82, 2.24) is 14.4 Å². The number of unbranched alkanes of at least 4 members (excludes halogenated alkanes) is 2. The molecule has 0 N–H and O–H groups in total. The summed E-state index contributed by atoms with van der Waals surface area (Å²) in [6.07, 6.45) is 6.35. The Balaban J connectivity index is 2.16. The second kappa shape index (κ2) is 12.2. The van der Waals surface area contributed by atoms with Crippen molar-refractivity contribution in [3.05, 3.63) is 59.9 Å². The fourth-order valence-corrected chi connectivity index (χ4v) is 3.52. The van der Waals surface area contributed by atoms with E-state index in [1.165, 1.54) is 0 Å². The molecule has 1 heterocycles. The zero-order valence-corrected chi connectivity index (χ0v) is 19.0. The number of nitrogens with zero attached hydrogens (tertiary/aromatic N) is 3. The summed E-state index contributed by atoms with van der Waals surface area (Å²) in [5.41, 5.74) is 2.16. The van der Waals surface area contributed by atoms with E-state index in [0.717, 1.165) is 36.9 Å². The Morgan fingerprint density at radius 1 is 0.967 bits per heavy atom. The van der Waals surface area contributed by atoms with Gasteiger partial charge in [0, 0.05) is 37.9 Å². The summed E-state index contributed by atoms with van der Waals surface area (Å²) in [6.45, 7) is 7.42. The number of amides is 2. The van der Waals surface area contributed by atoms with Gasteiger partial charge in [0.1, 0.15) is 6.54 Å². The molecule has 0 aliphatic heterocycles. The van der Waals surface area contributed by atoms with Crippen LogP contribution in [0, 0.1) is 0 Å². The Morgan fingerprint density at radius 3 is 2.30 bits per heavy atom. The lowest BCUT2D eigenvalue weighted by atomic mass is 10.1. The van der Waals surface area contributed by atoms with Crippen molar-refractivity contribution in [2.24, 2.45) is 7.05 Å². The first kappa shape index (κ1) is 23.7. The number of rotatable bonds is 12. The molecule has 1 aromatic heterocycles. The molecule has 164 valence electrons. The van der Waals surface area contributed by atoms with Crippen molar-refractivity contribution in [3.8, 4) is 0 Å². The van der Waals surface area contributed by atoms with Crippen LogP contribution in [0.5, 0.6) is 0 Å². The number of aryl methyl sites for hydroxylation is 1. The topological polar surface area (TPSA) is 45.6 Å². The SMILES string of the molecule is CCCCCC(=O)N(CC(=O)N(Cc1ccccc1)Cc1cccn1C)[C@H](C)CC. The highest BCUT2D eigenvalue weighted by Crippen LogP contribution is 2.14. The van der Waals surface area contributed by atoms with E-state index in [1.54, 1.807) is 4.90 Å². The van der Waals surface area contributed by atoms with Gasteiger partial charge in [0.05, 0.1) is 6.54 Å². The van der Waals surface area contributed by atoms with Gasteiger partial charge in [-0.15, -0.1) is 0 Å². The van der Waals surface area contributed by atoms with Crippen LogP contribution in [0.4, 0.5) is 0 Å². The Hall–Kier alpha value is -2.56. The predicted molar refractivity (Wildman–Crippen MR) is 122 cm³/mol. The monoisotopic (exact) mass is 411 g/mol. The Morgan fingerprint density at radius 2 is 1.70 bits per heavy atom. The minimum absolute atomic E-state index is 0.0100. The number of benzene rings is 1. The summed E-state index contributed by atoms with van der Waals surface area (Å²) >= 11 is 0. The largest absolute Gasteiger partial charge is 0.353 e. The molecular formula is C25H37N3O2. The maximum atomic E-state index is 13.4. The van der Waals surface area contributed by atoms with Crippen molar-refractivity contribution in [3.63, 3.8) is 0 Å². The van der Waals surface area contributed by atoms with Crippen LogP contribution in [-0.2, 0) is 29.7 Å². The van der Waals surface area contributed by atoms with E-state index >= 15 is 0 Å². The number of carbonyl (C=O) groups excluding carboxylic acids is 2. The van der Waals surface area contributed by atoms with E-state index in [-0.39, 0.29) is 24.4 Å². The van der Waals surface area contributed by atoms with Crippen LogP contribution in [0.3, 0.4) is 0 Å². The molecule has 0 aliphatic carbocycles. The maximum absolute atomic E-state index is 13.4. The highest BCUT2D eigenvalue weighted by atomic mass is 16.2. The summed E-state index contributed by atoms with van der Waals surface area (Å²) in [7, 11) is 1.99. The van der Waals surface area contributed by atoms with E-state index in [9.17, 15) is 9.59 Å². The normalized spacial score (nSPS) is 11.9. The van der Waals surface area contributed by atoms with E-state index in [0.29, 0.717) is 19.5 Å². The summed E-state index contributed by atoms with van der Waals surface area (Å²) in [5.74, 6) is 0.0777. The second-order valence-electron chi connectivity index (χ2n) is 8.08. The van der Waals surface area contributed by atoms with Crippen LogP contribution in [-0.4, -0.2) is 38.8 Å². The van der Waals surface area contributed by atoms with E-state index < -0.39 is 0 Å². The van der Waals surface area contributed by atoms with Gasteiger partial charge in [-0.2, -0.15) is 0 Å². The lowest BCUT2D eigenvalue weighted by Gasteiger charge is -2.31. The average molecular weight is 412 g/mol. The zero-order chi connectivity index (χ0) is 21.9. The van der Waals surface area contributed by atoms with Gasteiger partial charge >= 0.3 is 0 Å². The van der Waals surface area contributed by atoms with Gasteiger partial charge in [-0.1, -0.05) is 57.0 Å². The molecule has 1 aromatic carbocycles. The minimum Gasteiger partial charge on any atom is -0.353 e. The highest BCUT2D eigenvalue weighted by Gasteiger charge is 2.25. The van der Waals surface area contributed by atoms with Crippen LogP contribution >= 0.6 is 0 Å². The molecule has 2 rings (SSSR count). The summed E-state index contributed by atoms with van der Waals surface area (Å²) in [5, 5.41) is 0. The summed E-state index contributed by atoms with van der Waals surface area (Å²) in [4.78, 5) is 29.9. The first-order chi connectivity index (χ1) is 14.5. The molecule has 0 aliphatic rings. The van der Waals surface area contributed by atoms with Gasteiger partial charge in [-0.05, 0) is 37.5 Å². The standard InChI is InChI=1S/C25H37N3O2/c1-5-7-9-16-24(29)28(21(3)6-2)20-25(30)27(18-22-13-10-8-11-14-22)19-23-15-12-17-26(23)4/h8,10-15,17,21H,5-7,9,16,18-20H2,1-4H3/t21-/m1/s1. The third-order valence-corrected chi connectivity index (χ3v) is 5.72. The third-order valence-electron chi connectivity index (χ3n) is 5.72. The van der Waals surface area contributed by atoms with Crippen LogP contribution in [0.2, 0.25) is 0 Å². The molecule has 0 saturated carbocycles. The van der Waals surface area contributed by atoms with Gasteiger partial charge in [-0.25, -0.2) is 0 Å². The van der Waals surface area contributed by atoms with Crippen molar-refractivity contribution in [2.75, 3.05) is 6.54 Å². The molecule has 2 aromatic rings. The molecule has 0 spiro atoms. The molecule has 0 radical (unpaired) electrons. The van der Waals surface area contributed by atoms with Gasteiger partial charge in [0.2, 0.25) is 11.8 Å². The first-order valence-corrected chi connectivity index (χ1v) is 11.2. The lowest BCUT2D eigenvalue weighted by molar-refractivity contribution is -0.143.